The number of benzene rings is 1. The maximum absolute atomic E-state index is 12.6. The molecule has 0 saturated heterocycles. The van der Waals surface area contributed by atoms with Crippen molar-refractivity contribution < 1.29 is 14.3 Å². The van der Waals surface area contributed by atoms with E-state index in [1.54, 1.807) is 0 Å². The smallest absolute Gasteiger partial charge is 0.317 e. The van der Waals surface area contributed by atoms with E-state index in [0.717, 1.165) is 31.2 Å². The Morgan fingerprint density at radius 1 is 1.19 bits per heavy atom. The molecular formula is C17H23NO3. The van der Waals surface area contributed by atoms with Crippen LogP contribution in [0.1, 0.15) is 45.1 Å². The third kappa shape index (κ3) is 3.63. The SMILES string of the molecule is CC(C)NC(=O)COC(=O)C1(c2ccccc2)CCCC1. The Bertz CT molecular complexity index is 490. The summed E-state index contributed by atoms with van der Waals surface area (Å²) in [6.07, 6.45) is 3.62. The van der Waals surface area contributed by atoms with Crippen molar-refractivity contribution in [2.45, 2.75) is 51.0 Å². The average molecular weight is 289 g/mol. The van der Waals surface area contributed by atoms with Gasteiger partial charge in [-0.2, -0.15) is 0 Å². The van der Waals surface area contributed by atoms with Gasteiger partial charge in [0.1, 0.15) is 0 Å². The third-order valence-corrected chi connectivity index (χ3v) is 3.96. The summed E-state index contributed by atoms with van der Waals surface area (Å²) in [7, 11) is 0. The molecule has 1 saturated carbocycles. The minimum absolute atomic E-state index is 0.0470. The van der Waals surface area contributed by atoms with Gasteiger partial charge in [0, 0.05) is 6.04 Å². The summed E-state index contributed by atoms with van der Waals surface area (Å²) < 4.78 is 5.30. The van der Waals surface area contributed by atoms with E-state index in [0.29, 0.717) is 0 Å². The van der Waals surface area contributed by atoms with Crippen LogP contribution in [0.25, 0.3) is 0 Å². The van der Waals surface area contributed by atoms with E-state index in [2.05, 4.69) is 5.32 Å². The lowest BCUT2D eigenvalue weighted by atomic mass is 9.79. The minimum Gasteiger partial charge on any atom is -0.455 e. The van der Waals surface area contributed by atoms with Crippen LogP contribution in [0.15, 0.2) is 30.3 Å². The molecular weight excluding hydrogens is 266 g/mol. The molecule has 2 rings (SSSR count). The van der Waals surface area contributed by atoms with Gasteiger partial charge >= 0.3 is 5.97 Å². The Morgan fingerprint density at radius 3 is 2.38 bits per heavy atom. The van der Waals surface area contributed by atoms with Crippen LogP contribution in [0, 0.1) is 0 Å². The molecule has 1 aromatic rings. The van der Waals surface area contributed by atoms with Crippen molar-refractivity contribution in [1.82, 2.24) is 5.32 Å². The second-order valence-electron chi connectivity index (χ2n) is 5.95. The van der Waals surface area contributed by atoms with Gasteiger partial charge in [-0.3, -0.25) is 9.59 Å². The molecule has 1 N–H and O–H groups in total. The zero-order chi connectivity index (χ0) is 15.3. The molecule has 4 nitrogen and oxygen atoms in total. The number of nitrogens with one attached hydrogen (secondary N) is 1. The molecule has 114 valence electrons. The highest BCUT2D eigenvalue weighted by Gasteiger charge is 2.44. The van der Waals surface area contributed by atoms with Crippen molar-refractivity contribution in [1.29, 1.82) is 0 Å². The summed E-state index contributed by atoms with van der Waals surface area (Å²) in [6, 6.07) is 9.81. The molecule has 0 radical (unpaired) electrons. The highest BCUT2D eigenvalue weighted by molar-refractivity contribution is 5.86. The highest BCUT2D eigenvalue weighted by Crippen LogP contribution is 2.42. The monoisotopic (exact) mass is 289 g/mol. The van der Waals surface area contributed by atoms with Crippen LogP contribution in [0.3, 0.4) is 0 Å². The number of hydrogen-bond acceptors (Lipinski definition) is 3. The molecule has 0 aromatic heterocycles. The van der Waals surface area contributed by atoms with Crippen molar-refractivity contribution >= 4 is 11.9 Å². The number of ether oxygens (including phenoxy) is 1. The number of carbonyl (C=O) groups is 2. The summed E-state index contributed by atoms with van der Waals surface area (Å²) in [5, 5.41) is 2.72. The van der Waals surface area contributed by atoms with E-state index < -0.39 is 5.41 Å². The lowest BCUT2D eigenvalue weighted by molar-refractivity contribution is -0.154. The van der Waals surface area contributed by atoms with Gasteiger partial charge in [-0.05, 0) is 32.3 Å². The summed E-state index contributed by atoms with van der Waals surface area (Å²) in [5.74, 6) is -0.523. The van der Waals surface area contributed by atoms with Crippen molar-refractivity contribution in [3.05, 3.63) is 35.9 Å². The molecule has 0 atom stereocenters. The summed E-state index contributed by atoms with van der Waals surface area (Å²) in [5.41, 5.74) is 0.427. The first-order valence-electron chi connectivity index (χ1n) is 7.57. The largest absolute Gasteiger partial charge is 0.455 e. The Balaban J connectivity index is 2.05. The second-order valence-corrected chi connectivity index (χ2v) is 5.95. The second kappa shape index (κ2) is 6.74. The predicted octanol–water partition coefficient (Wildman–Crippen LogP) is 2.57. The average Bonchev–Trinajstić information content (AvgIpc) is 2.96. The minimum atomic E-state index is -0.570. The maximum Gasteiger partial charge on any atom is 0.317 e. The molecule has 0 heterocycles. The summed E-state index contributed by atoms with van der Waals surface area (Å²) in [6.45, 7) is 3.55. The summed E-state index contributed by atoms with van der Waals surface area (Å²) >= 11 is 0. The van der Waals surface area contributed by atoms with E-state index in [-0.39, 0.29) is 24.5 Å². The zero-order valence-corrected chi connectivity index (χ0v) is 12.7. The van der Waals surface area contributed by atoms with Gasteiger partial charge < -0.3 is 10.1 Å². The van der Waals surface area contributed by atoms with E-state index in [4.69, 9.17) is 4.74 Å². The van der Waals surface area contributed by atoms with E-state index in [9.17, 15) is 9.59 Å². The molecule has 1 aliphatic carbocycles. The molecule has 0 bridgehead atoms. The van der Waals surface area contributed by atoms with Gasteiger partial charge in [-0.25, -0.2) is 0 Å². The van der Waals surface area contributed by atoms with E-state index >= 15 is 0 Å². The van der Waals surface area contributed by atoms with Crippen molar-refractivity contribution in [2.24, 2.45) is 0 Å². The first-order chi connectivity index (χ1) is 10.0. The first kappa shape index (κ1) is 15.5. The molecule has 1 aliphatic rings. The molecule has 0 unspecified atom stereocenters. The zero-order valence-electron chi connectivity index (χ0n) is 12.7. The fourth-order valence-electron chi connectivity index (χ4n) is 2.98. The van der Waals surface area contributed by atoms with Gasteiger partial charge in [-0.1, -0.05) is 43.2 Å². The van der Waals surface area contributed by atoms with Crippen molar-refractivity contribution in [3.8, 4) is 0 Å². The van der Waals surface area contributed by atoms with Crippen LogP contribution in [0.5, 0.6) is 0 Å². The highest BCUT2D eigenvalue weighted by atomic mass is 16.5. The molecule has 21 heavy (non-hydrogen) atoms. The fourth-order valence-corrected chi connectivity index (χ4v) is 2.98. The van der Waals surface area contributed by atoms with Crippen LogP contribution < -0.4 is 5.32 Å². The van der Waals surface area contributed by atoms with Crippen LogP contribution in [0.2, 0.25) is 0 Å². The van der Waals surface area contributed by atoms with Gasteiger partial charge in [0.2, 0.25) is 0 Å². The number of carbonyl (C=O) groups excluding carboxylic acids is 2. The Kier molecular flexibility index (Phi) is 4.99. The van der Waals surface area contributed by atoms with Gasteiger partial charge in [0.15, 0.2) is 6.61 Å². The molecule has 1 amide bonds. The lowest BCUT2D eigenvalue weighted by Gasteiger charge is -2.27. The Hall–Kier alpha value is -1.84. The van der Waals surface area contributed by atoms with Crippen LogP contribution in [-0.2, 0) is 19.7 Å². The molecule has 1 aromatic carbocycles. The molecule has 0 aliphatic heterocycles. The van der Waals surface area contributed by atoms with Crippen LogP contribution in [-0.4, -0.2) is 24.5 Å². The normalized spacial score (nSPS) is 16.7. The van der Waals surface area contributed by atoms with Gasteiger partial charge in [0.25, 0.3) is 5.91 Å². The quantitative estimate of drug-likeness (QED) is 0.848. The number of esters is 1. The third-order valence-electron chi connectivity index (χ3n) is 3.96. The lowest BCUT2D eigenvalue weighted by Crippen LogP contribution is -2.39. The number of amides is 1. The Labute approximate surface area is 125 Å². The molecule has 1 fully saturated rings. The number of hydrogen-bond donors (Lipinski definition) is 1. The van der Waals surface area contributed by atoms with Crippen LogP contribution in [0.4, 0.5) is 0 Å². The van der Waals surface area contributed by atoms with E-state index in [1.165, 1.54) is 0 Å². The molecule has 4 heteroatoms. The van der Waals surface area contributed by atoms with Gasteiger partial charge in [-0.15, -0.1) is 0 Å². The fraction of sp³-hybridized carbons (Fsp3) is 0.529. The first-order valence-corrected chi connectivity index (χ1v) is 7.57. The van der Waals surface area contributed by atoms with E-state index in [1.807, 2.05) is 44.2 Å². The Morgan fingerprint density at radius 2 is 1.81 bits per heavy atom. The predicted molar refractivity (Wildman–Crippen MR) is 80.8 cm³/mol. The maximum atomic E-state index is 12.6. The van der Waals surface area contributed by atoms with Crippen molar-refractivity contribution in [2.75, 3.05) is 6.61 Å². The molecule has 0 spiro atoms. The van der Waals surface area contributed by atoms with Crippen LogP contribution >= 0.6 is 0 Å². The summed E-state index contributed by atoms with van der Waals surface area (Å²) in [4.78, 5) is 24.2. The number of rotatable bonds is 5. The standard InChI is InChI=1S/C17H23NO3/c1-13(2)18-15(19)12-21-16(20)17(10-6-7-11-17)14-8-4-3-5-9-14/h3-5,8-9,13H,6-7,10-12H2,1-2H3,(H,18,19). The topological polar surface area (TPSA) is 55.4 Å². The van der Waals surface area contributed by atoms with Crippen molar-refractivity contribution in [3.63, 3.8) is 0 Å². The van der Waals surface area contributed by atoms with Gasteiger partial charge in [0.05, 0.1) is 5.41 Å².